The van der Waals surface area contributed by atoms with Crippen molar-refractivity contribution in [3.05, 3.63) is 89.7 Å². The van der Waals surface area contributed by atoms with E-state index in [4.69, 9.17) is 4.42 Å². The van der Waals surface area contributed by atoms with Crippen molar-refractivity contribution in [2.24, 2.45) is 7.05 Å². The minimum absolute atomic E-state index is 0.204. The molecule has 10 heteroatoms. The molecular weight excluding hydrogens is 518 g/mol. The molecule has 1 aliphatic heterocycles. The van der Waals surface area contributed by atoms with Gasteiger partial charge in [0, 0.05) is 69.6 Å². The van der Waals surface area contributed by atoms with Crippen LogP contribution in [0.25, 0.3) is 0 Å². The number of para-hydroxylation sites is 1. The van der Waals surface area contributed by atoms with Crippen LogP contribution in [0.2, 0.25) is 0 Å². The Bertz CT molecular complexity index is 1550. The van der Waals surface area contributed by atoms with E-state index < -0.39 is 0 Å². The number of nitrogens with zero attached hydrogens (tertiary/aromatic N) is 5. The van der Waals surface area contributed by atoms with Crippen LogP contribution < -0.4 is 20.4 Å². The molecule has 0 spiro atoms. The molecule has 0 atom stereocenters. The third kappa shape index (κ3) is 6.11. The highest BCUT2D eigenvalue weighted by atomic mass is 16.3. The van der Waals surface area contributed by atoms with Crippen LogP contribution in [0, 0.1) is 6.92 Å². The molecule has 2 fully saturated rings. The summed E-state index contributed by atoms with van der Waals surface area (Å²) in [6.07, 6.45) is 7.81. The molecule has 2 amide bonds. The lowest BCUT2D eigenvalue weighted by molar-refractivity contribution is 0.0952. The van der Waals surface area contributed by atoms with Gasteiger partial charge < -0.3 is 29.4 Å². The third-order valence-corrected chi connectivity index (χ3v) is 7.69. The summed E-state index contributed by atoms with van der Waals surface area (Å²) in [6, 6.07) is 13.9. The van der Waals surface area contributed by atoms with Gasteiger partial charge in [-0.3, -0.25) is 9.59 Å². The Morgan fingerprint density at radius 2 is 1.76 bits per heavy atom. The maximum Gasteiger partial charge on any atom is 0.277 e. The van der Waals surface area contributed by atoms with Crippen molar-refractivity contribution < 1.29 is 14.0 Å². The summed E-state index contributed by atoms with van der Waals surface area (Å²) >= 11 is 0. The Morgan fingerprint density at radius 3 is 2.46 bits per heavy atom. The van der Waals surface area contributed by atoms with Crippen molar-refractivity contribution in [1.29, 1.82) is 0 Å². The number of anilines is 3. The van der Waals surface area contributed by atoms with Crippen LogP contribution in [0.5, 0.6) is 0 Å². The van der Waals surface area contributed by atoms with Gasteiger partial charge in [-0.15, -0.1) is 0 Å². The average Bonchev–Trinajstić information content (AvgIpc) is 3.56. The van der Waals surface area contributed by atoms with E-state index in [1.165, 1.54) is 17.5 Å². The lowest BCUT2D eigenvalue weighted by Gasteiger charge is -2.38. The third-order valence-electron chi connectivity index (χ3n) is 7.69. The van der Waals surface area contributed by atoms with Gasteiger partial charge in [0.05, 0.1) is 23.4 Å². The second kappa shape index (κ2) is 11.5. The highest BCUT2D eigenvalue weighted by molar-refractivity contribution is 6.06. The molecular formula is C31H35N7O3. The molecule has 2 aromatic heterocycles. The Morgan fingerprint density at radius 1 is 1.00 bits per heavy atom. The quantitative estimate of drug-likeness (QED) is 0.321. The number of carbonyl (C=O) groups is 2. The van der Waals surface area contributed by atoms with Crippen molar-refractivity contribution in [2.75, 3.05) is 47.8 Å². The molecule has 2 aliphatic rings. The second-order valence-electron chi connectivity index (χ2n) is 10.8. The lowest BCUT2D eigenvalue weighted by Crippen LogP contribution is -2.47. The molecule has 1 saturated heterocycles. The number of imidazole rings is 1. The van der Waals surface area contributed by atoms with E-state index in [1.54, 1.807) is 12.4 Å². The molecule has 6 rings (SSSR count). The minimum Gasteiger partial charge on any atom is -0.448 e. The van der Waals surface area contributed by atoms with E-state index in [9.17, 15) is 9.59 Å². The zero-order valence-electron chi connectivity index (χ0n) is 23.5. The van der Waals surface area contributed by atoms with Crippen molar-refractivity contribution >= 4 is 28.9 Å². The van der Waals surface area contributed by atoms with E-state index >= 15 is 0 Å². The lowest BCUT2D eigenvalue weighted by atomic mass is 10.1. The van der Waals surface area contributed by atoms with E-state index in [1.807, 2.05) is 29.9 Å². The molecule has 0 bridgehead atoms. The molecule has 2 N–H and O–H groups in total. The normalized spacial score (nSPS) is 15.2. The number of piperazine rings is 1. The summed E-state index contributed by atoms with van der Waals surface area (Å²) in [4.78, 5) is 39.6. The first kappa shape index (κ1) is 26.6. The van der Waals surface area contributed by atoms with Crippen molar-refractivity contribution in [3.8, 4) is 0 Å². The van der Waals surface area contributed by atoms with Gasteiger partial charge in [0.1, 0.15) is 6.26 Å². The van der Waals surface area contributed by atoms with Crippen LogP contribution in [-0.2, 0) is 13.5 Å². The highest BCUT2D eigenvalue weighted by Crippen LogP contribution is 2.39. The van der Waals surface area contributed by atoms with Gasteiger partial charge in [0.2, 0.25) is 0 Å². The molecule has 3 heterocycles. The summed E-state index contributed by atoms with van der Waals surface area (Å²) in [5, 5.41) is 5.99. The molecule has 4 aromatic rings. The van der Waals surface area contributed by atoms with Gasteiger partial charge in [0.15, 0.2) is 11.6 Å². The van der Waals surface area contributed by atoms with Crippen LogP contribution >= 0.6 is 0 Å². The molecule has 1 aliphatic carbocycles. The van der Waals surface area contributed by atoms with Crippen molar-refractivity contribution in [3.63, 3.8) is 0 Å². The number of hydrogen-bond acceptors (Lipinski definition) is 7. The summed E-state index contributed by atoms with van der Waals surface area (Å²) in [5.74, 6) is 0.372. The first-order chi connectivity index (χ1) is 19.9. The number of aromatic nitrogens is 3. The highest BCUT2D eigenvalue weighted by Gasteiger charge is 2.30. The van der Waals surface area contributed by atoms with Crippen molar-refractivity contribution in [1.82, 2.24) is 19.9 Å². The number of amides is 2. The molecule has 1 saturated carbocycles. The molecule has 0 radical (unpaired) electrons. The average molecular weight is 554 g/mol. The number of rotatable bonds is 9. The maximum atomic E-state index is 13.2. The summed E-state index contributed by atoms with van der Waals surface area (Å²) in [7, 11) is 1.92. The van der Waals surface area contributed by atoms with Gasteiger partial charge in [-0.1, -0.05) is 18.2 Å². The minimum atomic E-state index is -0.354. The number of carbonyl (C=O) groups excluding carboxylic acids is 2. The Labute approximate surface area is 239 Å². The number of nitrogens with one attached hydrogen (secondary N) is 2. The smallest absolute Gasteiger partial charge is 0.277 e. The molecule has 41 heavy (non-hydrogen) atoms. The first-order valence-electron chi connectivity index (χ1n) is 14.2. The predicted octanol–water partition coefficient (Wildman–Crippen LogP) is 4.15. The van der Waals surface area contributed by atoms with Crippen LogP contribution in [0.15, 0.2) is 65.7 Å². The monoisotopic (exact) mass is 553 g/mol. The Balaban J connectivity index is 1.19. The van der Waals surface area contributed by atoms with Crippen LogP contribution in [-0.4, -0.2) is 59.1 Å². The van der Waals surface area contributed by atoms with E-state index in [0.717, 1.165) is 50.4 Å². The van der Waals surface area contributed by atoms with Crippen LogP contribution in [0.4, 0.5) is 17.1 Å². The fraction of sp³-hybridized carbons (Fsp3) is 0.355. The number of aryl methyl sites for hydroxylation is 2. The number of oxazole rings is 1. The summed E-state index contributed by atoms with van der Waals surface area (Å²) in [6.45, 7) is 5.85. The standard InChI is InChI=1S/C31H35N7O3/c1-21-5-3-4-6-27(21)37-13-15-38(16-14-37)28-10-9-23(29(39)32-12-11-24-18-36(2)20-33-24)17-25(28)34-30(40)26-19-41-31(35-26)22-7-8-22/h3-6,9-10,17-20,22H,7-8,11-16H2,1-2H3,(H,32,39)(H,34,40). The van der Waals surface area contributed by atoms with Crippen LogP contribution in [0.3, 0.4) is 0 Å². The predicted molar refractivity (Wildman–Crippen MR) is 158 cm³/mol. The van der Waals surface area contributed by atoms with Gasteiger partial charge in [-0.05, 0) is 49.6 Å². The molecule has 0 unspecified atom stereocenters. The first-order valence-corrected chi connectivity index (χ1v) is 14.2. The topological polar surface area (TPSA) is 109 Å². The fourth-order valence-corrected chi connectivity index (χ4v) is 5.26. The second-order valence-corrected chi connectivity index (χ2v) is 10.8. The SMILES string of the molecule is Cc1ccccc1N1CCN(c2ccc(C(=O)NCCc3cn(C)cn3)cc2NC(=O)c2coc(C3CC3)n2)CC1. The Kier molecular flexibility index (Phi) is 7.45. The van der Waals surface area contributed by atoms with E-state index in [-0.39, 0.29) is 17.5 Å². The fourth-order valence-electron chi connectivity index (χ4n) is 5.26. The summed E-state index contributed by atoms with van der Waals surface area (Å²) in [5.41, 5.74) is 5.59. The van der Waals surface area contributed by atoms with Crippen molar-refractivity contribution in [2.45, 2.75) is 32.1 Å². The van der Waals surface area contributed by atoms with Crippen LogP contribution in [0.1, 0.15) is 56.8 Å². The van der Waals surface area contributed by atoms with Gasteiger partial charge in [0.25, 0.3) is 11.8 Å². The van der Waals surface area contributed by atoms with E-state index in [2.05, 4.69) is 61.6 Å². The maximum absolute atomic E-state index is 13.2. The van der Waals surface area contributed by atoms with Gasteiger partial charge in [-0.25, -0.2) is 9.97 Å². The van der Waals surface area contributed by atoms with Gasteiger partial charge in [-0.2, -0.15) is 0 Å². The summed E-state index contributed by atoms with van der Waals surface area (Å²) < 4.78 is 7.43. The van der Waals surface area contributed by atoms with E-state index in [0.29, 0.717) is 36.0 Å². The largest absolute Gasteiger partial charge is 0.448 e. The number of hydrogen-bond donors (Lipinski definition) is 2. The molecule has 10 nitrogen and oxygen atoms in total. The molecule has 2 aromatic carbocycles. The Hall–Kier alpha value is -4.60. The van der Waals surface area contributed by atoms with Gasteiger partial charge >= 0.3 is 0 Å². The zero-order valence-corrected chi connectivity index (χ0v) is 23.5. The number of benzene rings is 2. The zero-order chi connectivity index (χ0) is 28.3. The molecule has 212 valence electrons.